The van der Waals surface area contributed by atoms with Crippen molar-refractivity contribution in [3.8, 4) is 0 Å². The monoisotopic (exact) mass is 313 g/mol. The van der Waals surface area contributed by atoms with E-state index in [9.17, 15) is 0 Å². The van der Waals surface area contributed by atoms with Crippen LogP contribution in [0.1, 0.15) is 26.3 Å². The van der Waals surface area contributed by atoms with E-state index in [4.69, 9.17) is 11.6 Å². The van der Waals surface area contributed by atoms with Gasteiger partial charge in [0.15, 0.2) is 4.34 Å². The van der Waals surface area contributed by atoms with Gasteiger partial charge in [0.1, 0.15) is 6.33 Å². The molecule has 0 radical (unpaired) electrons. The molecule has 2 aromatic rings. The van der Waals surface area contributed by atoms with Gasteiger partial charge in [-0.2, -0.15) is 4.37 Å². The Morgan fingerprint density at radius 2 is 2.16 bits per heavy atom. The molecule has 0 atom stereocenters. The third-order valence-corrected chi connectivity index (χ3v) is 4.44. The zero-order valence-corrected chi connectivity index (χ0v) is 13.5. The summed E-state index contributed by atoms with van der Waals surface area (Å²) < 4.78 is 4.91. The predicted molar refractivity (Wildman–Crippen MR) is 82.1 cm³/mol. The maximum Gasteiger partial charge on any atom is 0.174 e. The second-order valence-electron chi connectivity index (χ2n) is 5.17. The lowest BCUT2D eigenvalue weighted by atomic mass is 10.1. The molecule has 1 aromatic heterocycles. The largest absolute Gasteiger partial charge is 0.308 e. The van der Waals surface area contributed by atoms with Crippen molar-refractivity contribution in [1.82, 2.24) is 14.7 Å². The molecule has 1 aromatic carbocycles. The van der Waals surface area contributed by atoms with Crippen LogP contribution in [0.4, 0.5) is 0 Å². The van der Waals surface area contributed by atoms with Gasteiger partial charge in [-0.3, -0.25) is 0 Å². The number of hydrogen-bond donors (Lipinski definition) is 1. The smallest absolute Gasteiger partial charge is 0.174 e. The molecule has 0 saturated carbocycles. The molecule has 0 amide bonds. The number of benzene rings is 1. The van der Waals surface area contributed by atoms with Gasteiger partial charge in [-0.1, -0.05) is 29.4 Å². The predicted octanol–water partition coefficient (Wildman–Crippen LogP) is 4.23. The molecule has 1 heterocycles. The first-order chi connectivity index (χ1) is 8.94. The minimum Gasteiger partial charge on any atom is -0.308 e. The Bertz CT molecular complexity index is 535. The van der Waals surface area contributed by atoms with Gasteiger partial charge in [0.05, 0.1) is 0 Å². The molecule has 0 fully saturated rings. The van der Waals surface area contributed by atoms with Crippen molar-refractivity contribution in [3.05, 3.63) is 35.1 Å². The van der Waals surface area contributed by atoms with Crippen LogP contribution in [0.3, 0.4) is 0 Å². The molecule has 102 valence electrons. The second-order valence-corrected chi connectivity index (χ2v) is 7.67. The fraction of sp³-hybridized carbons (Fsp3) is 0.385. The van der Waals surface area contributed by atoms with E-state index in [1.165, 1.54) is 11.5 Å². The zero-order chi connectivity index (χ0) is 13.9. The van der Waals surface area contributed by atoms with Crippen LogP contribution in [-0.4, -0.2) is 14.9 Å². The highest BCUT2D eigenvalue weighted by molar-refractivity contribution is 8.01. The van der Waals surface area contributed by atoms with E-state index in [1.54, 1.807) is 18.1 Å². The SMILES string of the molecule is CC(C)(C)NCc1ccc(Sc2ncns2)cc1Cl. The van der Waals surface area contributed by atoms with Crippen LogP contribution in [0.5, 0.6) is 0 Å². The second kappa shape index (κ2) is 6.22. The molecule has 0 saturated heterocycles. The molecule has 0 bridgehead atoms. The lowest BCUT2D eigenvalue weighted by molar-refractivity contribution is 0.424. The summed E-state index contributed by atoms with van der Waals surface area (Å²) in [6, 6.07) is 6.11. The van der Waals surface area contributed by atoms with Gasteiger partial charge in [0.2, 0.25) is 0 Å². The average Bonchev–Trinajstić information content (AvgIpc) is 2.79. The number of nitrogens with one attached hydrogen (secondary N) is 1. The van der Waals surface area contributed by atoms with Crippen LogP contribution in [0.25, 0.3) is 0 Å². The van der Waals surface area contributed by atoms with Crippen molar-refractivity contribution >= 4 is 34.9 Å². The van der Waals surface area contributed by atoms with E-state index < -0.39 is 0 Å². The van der Waals surface area contributed by atoms with Gasteiger partial charge in [0.25, 0.3) is 0 Å². The molecule has 0 aliphatic heterocycles. The summed E-state index contributed by atoms with van der Waals surface area (Å²) in [5, 5.41) is 4.22. The van der Waals surface area contributed by atoms with Crippen LogP contribution in [0, 0.1) is 0 Å². The highest BCUT2D eigenvalue weighted by atomic mass is 35.5. The topological polar surface area (TPSA) is 37.8 Å². The summed E-state index contributed by atoms with van der Waals surface area (Å²) in [5.74, 6) is 0. The molecule has 3 nitrogen and oxygen atoms in total. The summed E-state index contributed by atoms with van der Waals surface area (Å²) in [6.07, 6.45) is 1.57. The molecule has 19 heavy (non-hydrogen) atoms. The van der Waals surface area contributed by atoms with Gasteiger partial charge in [-0.05, 0) is 50.0 Å². The van der Waals surface area contributed by atoms with Crippen molar-refractivity contribution in [1.29, 1.82) is 0 Å². The quantitative estimate of drug-likeness (QED) is 0.916. The molecule has 6 heteroatoms. The molecule has 0 aliphatic carbocycles. The van der Waals surface area contributed by atoms with E-state index in [2.05, 4.69) is 47.6 Å². The minimum absolute atomic E-state index is 0.0866. The summed E-state index contributed by atoms with van der Waals surface area (Å²) in [5.41, 5.74) is 1.20. The van der Waals surface area contributed by atoms with Crippen LogP contribution < -0.4 is 5.32 Å². The molecular formula is C13H16ClN3S2. The maximum atomic E-state index is 6.31. The van der Waals surface area contributed by atoms with Crippen LogP contribution >= 0.6 is 34.9 Å². The number of rotatable bonds is 4. The number of nitrogens with zero attached hydrogens (tertiary/aromatic N) is 2. The van der Waals surface area contributed by atoms with Crippen LogP contribution in [0.2, 0.25) is 5.02 Å². The molecule has 0 aliphatic rings. The first-order valence-electron chi connectivity index (χ1n) is 5.92. The number of halogens is 1. The Kier molecular flexibility index (Phi) is 4.84. The van der Waals surface area contributed by atoms with E-state index in [0.717, 1.165) is 26.4 Å². The Balaban J connectivity index is 2.04. The van der Waals surface area contributed by atoms with E-state index >= 15 is 0 Å². The maximum absolute atomic E-state index is 6.31. The van der Waals surface area contributed by atoms with E-state index in [1.807, 2.05) is 6.07 Å². The highest BCUT2D eigenvalue weighted by Crippen LogP contribution is 2.31. The van der Waals surface area contributed by atoms with Crippen LogP contribution in [0.15, 0.2) is 33.8 Å². The molecular weight excluding hydrogens is 298 g/mol. The molecule has 0 spiro atoms. The molecule has 2 rings (SSSR count). The minimum atomic E-state index is 0.0866. The lowest BCUT2D eigenvalue weighted by Crippen LogP contribution is -2.35. The Morgan fingerprint density at radius 1 is 1.37 bits per heavy atom. The van der Waals surface area contributed by atoms with E-state index in [0.29, 0.717) is 0 Å². The van der Waals surface area contributed by atoms with Crippen molar-refractivity contribution < 1.29 is 0 Å². The van der Waals surface area contributed by atoms with Gasteiger partial charge in [0, 0.05) is 22.0 Å². The average molecular weight is 314 g/mol. The van der Waals surface area contributed by atoms with Gasteiger partial charge in [-0.25, -0.2) is 4.98 Å². The van der Waals surface area contributed by atoms with Crippen molar-refractivity contribution in [3.63, 3.8) is 0 Å². The Hall–Kier alpha value is -0.620. The van der Waals surface area contributed by atoms with Gasteiger partial charge >= 0.3 is 0 Å². The van der Waals surface area contributed by atoms with Crippen molar-refractivity contribution in [2.45, 2.75) is 42.1 Å². The number of hydrogen-bond acceptors (Lipinski definition) is 5. The lowest BCUT2D eigenvalue weighted by Gasteiger charge is -2.21. The molecule has 1 N–H and O–H groups in total. The van der Waals surface area contributed by atoms with Gasteiger partial charge < -0.3 is 5.32 Å². The first kappa shape index (κ1) is 14.8. The summed E-state index contributed by atoms with van der Waals surface area (Å²) in [4.78, 5) is 5.23. The normalized spacial score (nSPS) is 11.8. The Morgan fingerprint density at radius 3 is 2.74 bits per heavy atom. The first-order valence-corrected chi connectivity index (χ1v) is 7.89. The fourth-order valence-electron chi connectivity index (χ4n) is 1.40. The standard InChI is InChI=1S/C13H16ClN3S2/c1-13(2,3)16-7-9-4-5-10(6-11(9)14)18-12-15-8-17-19-12/h4-6,8,16H,7H2,1-3H3. The summed E-state index contributed by atoms with van der Waals surface area (Å²) in [6.45, 7) is 7.19. The third kappa shape index (κ3) is 4.76. The molecule has 0 unspecified atom stereocenters. The van der Waals surface area contributed by atoms with E-state index in [-0.39, 0.29) is 5.54 Å². The van der Waals surface area contributed by atoms with Crippen molar-refractivity contribution in [2.24, 2.45) is 0 Å². The number of aromatic nitrogens is 2. The summed E-state index contributed by atoms with van der Waals surface area (Å²) >= 11 is 9.28. The van der Waals surface area contributed by atoms with Crippen molar-refractivity contribution in [2.75, 3.05) is 0 Å². The third-order valence-electron chi connectivity index (χ3n) is 2.38. The Labute approximate surface area is 127 Å². The highest BCUT2D eigenvalue weighted by Gasteiger charge is 2.10. The van der Waals surface area contributed by atoms with Crippen LogP contribution in [-0.2, 0) is 6.54 Å². The van der Waals surface area contributed by atoms with Gasteiger partial charge in [-0.15, -0.1) is 0 Å². The fourth-order valence-corrected chi connectivity index (χ4v) is 3.18. The summed E-state index contributed by atoms with van der Waals surface area (Å²) in [7, 11) is 0. The zero-order valence-electron chi connectivity index (χ0n) is 11.1.